The maximum atomic E-state index is 5.71. The first-order chi connectivity index (χ1) is 10.8. The van der Waals surface area contributed by atoms with Gasteiger partial charge in [-0.15, -0.1) is 0 Å². The fourth-order valence-electron chi connectivity index (χ4n) is 2.72. The highest BCUT2D eigenvalue weighted by Gasteiger charge is 2.20. The summed E-state index contributed by atoms with van der Waals surface area (Å²) in [5.41, 5.74) is 1.37. The van der Waals surface area contributed by atoms with Gasteiger partial charge in [0.1, 0.15) is 0 Å². The van der Waals surface area contributed by atoms with Gasteiger partial charge in [0.2, 0.25) is 5.88 Å². The second kappa shape index (κ2) is 7.70. The van der Waals surface area contributed by atoms with Crippen molar-refractivity contribution < 1.29 is 4.74 Å². The van der Waals surface area contributed by atoms with E-state index in [4.69, 9.17) is 4.74 Å². The van der Waals surface area contributed by atoms with E-state index < -0.39 is 0 Å². The molecule has 0 spiro atoms. The Hall–Kier alpha value is -1.46. The van der Waals surface area contributed by atoms with Crippen LogP contribution in [0.1, 0.15) is 18.4 Å². The largest absolute Gasteiger partial charge is 0.476 e. The van der Waals surface area contributed by atoms with E-state index in [0.29, 0.717) is 11.8 Å². The summed E-state index contributed by atoms with van der Waals surface area (Å²) in [5, 5.41) is 0. The summed E-state index contributed by atoms with van der Waals surface area (Å²) in [6.07, 6.45) is 7.35. The number of halogens is 1. The first kappa shape index (κ1) is 15.4. The van der Waals surface area contributed by atoms with Gasteiger partial charge in [0.25, 0.3) is 0 Å². The Morgan fingerprint density at radius 3 is 2.59 bits per heavy atom. The Morgan fingerprint density at radius 2 is 1.91 bits per heavy atom. The Morgan fingerprint density at radius 1 is 1.14 bits per heavy atom. The maximum absolute atomic E-state index is 5.71. The average Bonchev–Trinajstić information content (AvgIpc) is 2.57. The molecule has 4 nitrogen and oxygen atoms in total. The van der Waals surface area contributed by atoms with Gasteiger partial charge in [-0.1, -0.05) is 28.1 Å². The summed E-state index contributed by atoms with van der Waals surface area (Å²) in [5.74, 6) is 1.24. The van der Waals surface area contributed by atoms with Crippen LogP contribution in [0.4, 0.5) is 0 Å². The van der Waals surface area contributed by atoms with Gasteiger partial charge in [0.15, 0.2) is 0 Å². The highest BCUT2D eigenvalue weighted by atomic mass is 79.9. The van der Waals surface area contributed by atoms with Crippen LogP contribution in [0.5, 0.6) is 5.88 Å². The molecule has 22 heavy (non-hydrogen) atoms. The second-order valence-corrected chi connectivity index (χ2v) is 6.62. The van der Waals surface area contributed by atoms with Gasteiger partial charge in [-0.25, -0.2) is 4.98 Å². The first-order valence-electron chi connectivity index (χ1n) is 7.65. The van der Waals surface area contributed by atoms with Crippen LogP contribution in [0.25, 0.3) is 0 Å². The van der Waals surface area contributed by atoms with Gasteiger partial charge >= 0.3 is 0 Å². The quantitative estimate of drug-likeness (QED) is 0.816. The molecule has 1 aromatic carbocycles. The van der Waals surface area contributed by atoms with Crippen LogP contribution >= 0.6 is 15.9 Å². The highest BCUT2D eigenvalue weighted by Crippen LogP contribution is 2.20. The molecule has 2 heterocycles. The number of likely N-dealkylation sites (tertiary alicyclic amines) is 1. The molecule has 1 aromatic heterocycles. The number of hydrogen-bond acceptors (Lipinski definition) is 4. The molecule has 0 aliphatic carbocycles. The van der Waals surface area contributed by atoms with Crippen molar-refractivity contribution in [3.05, 3.63) is 52.9 Å². The van der Waals surface area contributed by atoms with Gasteiger partial charge in [-0.2, -0.15) is 0 Å². The molecule has 0 bridgehead atoms. The summed E-state index contributed by atoms with van der Waals surface area (Å²) in [7, 11) is 0. The molecule has 0 amide bonds. The maximum Gasteiger partial charge on any atom is 0.232 e. The molecule has 5 heteroatoms. The summed E-state index contributed by atoms with van der Waals surface area (Å²) in [6.45, 7) is 4.03. The third kappa shape index (κ3) is 4.52. The van der Waals surface area contributed by atoms with E-state index in [9.17, 15) is 0 Å². The lowest BCUT2D eigenvalue weighted by molar-refractivity contribution is 0.134. The van der Waals surface area contributed by atoms with Crippen LogP contribution in [-0.2, 0) is 6.54 Å². The van der Waals surface area contributed by atoms with E-state index in [0.717, 1.165) is 30.7 Å². The van der Waals surface area contributed by atoms with Crippen molar-refractivity contribution in [2.45, 2.75) is 19.4 Å². The fourth-order valence-corrected chi connectivity index (χ4v) is 2.99. The van der Waals surface area contributed by atoms with E-state index in [1.54, 1.807) is 18.6 Å². The van der Waals surface area contributed by atoms with Crippen molar-refractivity contribution in [1.82, 2.24) is 14.9 Å². The number of nitrogens with zero attached hydrogens (tertiary/aromatic N) is 3. The van der Waals surface area contributed by atoms with E-state index in [-0.39, 0.29) is 0 Å². The third-order valence-corrected chi connectivity index (χ3v) is 4.56. The Labute approximate surface area is 139 Å². The van der Waals surface area contributed by atoms with Crippen molar-refractivity contribution in [1.29, 1.82) is 0 Å². The molecule has 1 aliphatic rings. The minimum absolute atomic E-state index is 0.614. The summed E-state index contributed by atoms with van der Waals surface area (Å²) < 4.78 is 6.85. The molecule has 1 saturated heterocycles. The number of ether oxygens (including phenoxy) is 1. The number of aromatic nitrogens is 2. The first-order valence-corrected chi connectivity index (χ1v) is 8.44. The van der Waals surface area contributed by atoms with Gasteiger partial charge in [0, 0.05) is 23.4 Å². The molecule has 0 saturated carbocycles. The number of hydrogen-bond donors (Lipinski definition) is 0. The zero-order chi connectivity index (χ0) is 15.2. The zero-order valence-electron chi connectivity index (χ0n) is 12.5. The fraction of sp³-hybridized carbons (Fsp3) is 0.412. The zero-order valence-corrected chi connectivity index (χ0v) is 14.1. The molecular weight excluding hydrogens is 342 g/mol. The molecule has 0 radical (unpaired) electrons. The number of rotatable bonds is 5. The predicted octanol–water partition coefficient (Wildman–Crippen LogP) is 3.53. The van der Waals surface area contributed by atoms with Gasteiger partial charge in [-0.05, 0) is 49.5 Å². The molecule has 3 rings (SSSR count). The highest BCUT2D eigenvalue weighted by molar-refractivity contribution is 9.10. The molecule has 1 aliphatic heterocycles. The van der Waals surface area contributed by atoms with Gasteiger partial charge in [-0.3, -0.25) is 9.88 Å². The van der Waals surface area contributed by atoms with E-state index in [1.165, 1.54) is 18.4 Å². The second-order valence-electron chi connectivity index (χ2n) is 5.70. The van der Waals surface area contributed by atoms with Crippen LogP contribution in [0.15, 0.2) is 47.3 Å². The lowest BCUT2D eigenvalue weighted by atomic mass is 9.97. The molecular formula is C17H20BrN3O. The summed E-state index contributed by atoms with van der Waals surface area (Å²) >= 11 is 3.48. The molecule has 1 fully saturated rings. The van der Waals surface area contributed by atoms with Crippen molar-refractivity contribution in [3.63, 3.8) is 0 Å². The van der Waals surface area contributed by atoms with Crippen molar-refractivity contribution in [2.75, 3.05) is 19.7 Å². The Bertz CT molecular complexity index is 568. The van der Waals surface area contributed by atoms with E-state index in [2.05, 4.69) is 55.1 Å². The van der Waals surface area contributed by atoms with E-state index >= 15 is 0 Å². The van der Waals surface area contributed by atoms with Crippen LogP contribution in [0.3, 0.4) is 0 Å². The van der Waals surface area contributed by atoms with E-state index in [1.807, 2.05) is 0 Å². The topological polar surface area (TPSA) is 38.2 Å². The molecule has 0 N–H and O–H groups in total. The average molecular weight is 362 g/mol. The van der Waals surface area contributed by atoms with Crippen molar-refractivity contribution in [3.8, 4) is 5.88 Å². The van der Waals surface area contributed by atoms with Gasteiger partial charge in [0.05, 0.1) is 12.8 Å². The Kier molecular flexibility index (Phi) is 5.40. The SMILES string of the molecule is Brc1ccc(CN2CCC(COc3cnccn3)CC2)cc1. The smallest absolute Gasteiger partial charge is 0.232 e. The molecule has 2 aromatic rings. The molecule has 0 unspecified atom stereocenters. The minimum Gasteiger partial charge on any atom is -0.476 e. The lowest BCUT2D eigenvalue weighted by Crippen LogP contribution is -2.35. The number of piperidine rings is 1. The standard InChI is InChI=1S/C17H20BrN3O/c18-16-3-1-14(2-4-16)12-21-9-5-15(6-10-21)13-22-17-11-19-7-8-20-17/h1-4,7-8,11,15H,5-6,9-10,12-13H2. The van der Waals surface area contributed by atoms with Crippen LogP contribution in [0.2, 0.25) is 0 Å². The molecule has 0 atom stereocenters. The van der Waals surface area contributed by atoms with Crippen LogP contribution in [-0.4, -0.2) is 34.6 Å². The Balaban J connectivity index is 1.41. The third-order valence-electron chi connectivity index (χ3n) is 4.03. The van der Waals surface area contributed by atoms with Crippen LogP contribution < -0.4 is 4.74 Å². The summed E-state index contributed by atoms with van der Waals surface area (Å²) in [6, 6.07) is 8.59. The van der Waals surface area contributed by atoms with Crippen LogP contribution in [0, 0.1) is 5.92 Å². The normalized spacial score (nSPS) is 16.6. The number of benzene rings is 1. The van der Waals surface area contributed by atoms with Crippen molar-refractivity contribution >= 4 is 15.9 Å². The lowest BCUT2D eigenvalue weighted by Gasteiger charge is -2.31. The summed E-state index contributed by atoms with van der Waals surface area (Å²) in [4.78, 5) is 10.7. The monoisotopic (exact) mass is 361 g/mol. The minimum atomic E-state index is 0.614. The predicted molar refractivity (Wildman–Crippen MR) is 89.7 cm³/mol. The van der Waals surface area contributed by atoms with Gasteiger partial charge < -0.3 is 4.74 Å². The molecule has 116 valence electrons. The van der Waals surface area contributed by atoms with Crippen molar-refractivity contribution in [2.24, 2.45) is 5.92 Å².